The molecular formula is C13H26N2O2. The monoisotopic (exact) mass is 242 g/mol. The number of likely N-dealkylation sites (N-methyl/N-ethyl adjacent to an activating group) is 1. The van der Waals surface area contributed by atoms with Crippen LogP contribution in [0.2, 0.25) is 0 Å². The number of hydrogen-bond donors (Lipinski definition) is 1. The fourth-order valence-electron chi connectivity index (χ4n) is 3.02. The third kappa shape index (κ3) is 3.91. The summed E-state index contributed by atoms with van der Waals surface area (Å²) in [6.45, 7) is 5.87. The van der Waals surface area contributed by atoms with Gasteiger partial charge in [0.05, 0.1) is 12.7 Å². The first kappa shape index (κ1) is 13.3. The van der Waals surface area contributed by atoms with E-state index in [1.54, 1.807) is 0 Å². The van der Waals surface area contributed by atoms with E-state index in [1.165, 1.54) is 19.5 Å². The molecule has 0 aromatic carbocycles. The lowest BCUT2D eigenvalue weighted by Gasteiger charge is -2.25. The average molecular weight is 242 g/mol. The number of aliphatic hydroxyl groups excluding tert-OH is 1. The molecule has 0 spiro atoms. The molecule has 17 heavy (non-hydrogen) atoms. The Morgan fingerprint density at radius 3 is 2.88 bits per heavy atom. The highest BCUT2D eigenvalue weighted by atomic mass is 16.5. The van der Waals surface area contributed by atoms with Gasteiger partial charge in [0.25, 0.3) is 0 Å². The van der Waals surface area contributed by atoms with Gasteiger partial charge in [0, 0.05) is 32.2 Å². The van der Waals surface area contributed by atoms with Gasteiger partial charge in [-0.15, -0.1) is 0 Å². The first-order chi connectivity index (χ1) is 8.15. The van der Waals surface area contributed by atoms with Gasteiger partial charge in [-0.2, -0.15) is 0 Å². The molecule has 4 nitrogen and oxygen atoms in total. The average Bonchev–Trinajstić information content (AvgIpc) is 2.89. The number of rotatable bonds is 5. The van der Waals surface area contributed by atoms with Crippen LogP contribution < -0.4 is 0 Å². The summed E-state index contributed by atoms with van der Waals surface area (Å²) in [5.74, 6) is 1.13. The molecule has 0 saturated carbocycles. The summed E-state index contributed by atoms with van der Waals surface area (Å²) >= 11 is 0. The molecule has 2 aliphatic rings. The Labute approximate surface area is 105 Å². The Balaban J connectivity index is 1.67. The van der Waals surface area contributed by atoms with Crippen LogP contribution in [0.25, 0.3) is 0 Å². The highest BCUT2D eigenvalue weighted by Gasteiger charge is 2.26. The minimum atomic E-state index is -0.221. The number of nitrogens with zero attached hydrogens (tertiary/aromatic N) is 2. The van der Waals surface area contributed by atoms with Crippen molar-refractivity contribution >= 4 is 0 Å². The largest absolute Gasteiger partial charge is 0.391 e. The van der Waals surface area contributed by atoms with E-state index in [1.807, 2.05) is 0 Å². The summed E-state index contributed by atoms with van der Waals surface area (Å²) < 4.78 is 5.32. The SMILES string of the molecule is CN1CCC(CN(C)CC(O)C2CCOC2)C1. The summed E-state index contributed by atoms with van der Waals surface area (Å²) in [6.07, 6.45) is 2.09. The lowest BCUT2D eigenvalue weighted by Crippen LogP contribution is -2.37. The summed E-state index contributed by atoms with van der Waals surface area (Å²) in [5.41, 5.74) is 0. The maximum atomic E-state index is 10.1. The van der Waals surface area contributed by atoms with E-state index in [0.717, 1.165) is 38.6 Å². The van der Waals surface area contributed by atoms with Crippen molar-refractivity contribution in [2.75, 3.05) is 53.5 Å². The molecule has 3 unspecified atom stereocenters. The van der Waals surface area contributed by atoms with Gasteiger partial charge < -0.3 is 19.6 Å². The summed E-state index contributed by atoms with van der Waals surface area (Å²) in [4.78, 5) is 4.67. The predicted octanol–water partition coefficient (Wildman–Crippen LogP) is 0.267. The Kier molecular flexibility index (Phi) is 4.79. The molecule has 0 aliphatic carbocycles. The molecule has 1 N–H and O–H groups in total. The fraction of sp³-hybridized carbons (Fsp3) is 1.00. The first-order valence-corrected chi connectivity index (χ1v) is 6.78. The van der Waals surface area contributed by atoms with E-state index in [-0.39, 0.29) is 6.10 Å². The molecule has 2 fully saturated rings. The van der Waals surface area contributed by atoms with Gasteiger partial charge in [0.2, 0.25) is 0 Å². The zero-order valence-corrected chi connectivity index (χ0v) is 11.1. The highest BCUT2D eigenvalue weighted by Crippen LogP contribution is 2.19. The Morgan fingerprint density at radius 2 is 2.29 bits per heavy atom. The second-order valence-corrected chi connectivity index (χ2v) is 5.83. The highest BCUT2D eigenvalue weighted by molar-refractivity contribution is 4.79. The van der Waals surface area contributed by atoms with E-state index in [9.17, 15) is 5.11 Å². The molecule has 3 atom stereocenters. The van der Waals surface area contributed by atoms with E-state index in [2.05, 4.69) is 23.9 Å². The molecule has 2 heterocycles. The number of aliphatic hydroxyl groups is 1. The molecule has 4 heteroatoms. The van der Waals surface area contributed by atoms with Crippen LogP contribution in [0.1, 0.15) is 12.8 Å². The minimum Gasteiger partial charge on any atom is -0.391 e. The zero-order chi connectivity index (χ0) is 12.3. The van der Waals surface area contributed by atoms with Crippen LogP contribution in [0.5, 0.6) is 0 Å². The molecule has 100 valence electrons. The topological polar surface area (TPSA) is 35.9 Å². The number of likely N-dealkylation sites (tertiary alicyclic amines) is 1. The maximum Gasteiger partial charge on any atom is 0.0717 e. The summed E-state index contributed by atoms with van der Waals surface area (Å²) in [5, 5.41) is 10.1. The van der Waals surface area contributed by atoms with Gasteiger partial charge in [-0.05, 0) is 39.4 Å². The van der Waals surface area contributed by atoms with Crippen molar-refractivity contribution in [3.05, 3.63) is 0 Å². The van der Waals surface area contributed by atoms with Crippen LogP contribution in [0, 0.1) is 11.8 Å². The molecule has 0 radical (unpaired) electrons. The van der Waals surface area contributed by atoms with Crippen LogP contribution in [-0.4, -0.2) is 74.5 Å². The minimum absolute atomic E-state index is 0.221. The lowest BCUT2D eigenvalue weighted by atomic mass is 10.0. The smallest absolute Gasteiger partial charge is 0.0717 e. The van der Waals surface area contributed by atoms with E-state index in [4.69, 9.17) is 4.74 Å². The van der Waals surface area contributed by atoms with Crippen molar-refractivity contribution in [1.82, 2.24) is 9.80 Å². The standard InChI is InChI=1S/C13H26N2O2/c1-14-5-3-11(7-14)8-15(2)9-13(16)12-4-6-17-10-12/h11-13,16H,3-10H2,1-2H3. The van der Waals surface area contributed by atoms with Crippen LogP contribution in [-0.2, 0) is 4.74 Å². The second-order valence-electron chi connectivity index (χ2n) is 5.83. The third-order valence-corrected chi connectivity index (χ3v) is 4.07. The molecular weight excluding hydrogens is 216 g/mol. The van der Waals surface area contributed by atoms with Gasteiger partial charge in [0.1, 0.15) is 0 Å². The molecule has 2 saturated heterocycles. The maximum absolute atomic E-state index is 10.1. The van der Waals surface area contributed by atoms with E-state index >= 15 is 0 Å². The Hall–Kier alpha value is -0.160. The Morgan fingerprint density at radius 1 is 1.47 bits per heavy atom. The second kappa shape index (κ2) is 6.14. The van der Waals surface area contributed by atoms with Crippen molar-refractivity contribution in [2.24, 2.45) is 11.8 Å². The molecule has 0 aromatic rings. The predicted molar refractivity (Wildman–Crippen MR) is 68.0 cm³/mol. The van der Waals surface area contributed by atoms with Crippen LogP contribution in [0.3, 0.4) is 0 Å². The molecule has 2 rings (SSSR count). The van der Waals surface area contributed by atoms with Gasteiger partial charge in [0.15, 0.2) is 0 Å². The van der Waals surface area contributed by atoms with Gasteiger partial charge in [-0.3, -0.25) is 0 Å². The van der Waals surface area contributed by atoms with Crippen molar-refractivity contribution in [1.29, 1.82) is 0 Å². The van der Waals surface area contributed by atoms with Gasteiger partial charge >= 0.3 is 0 Å². The molecule has 0 amide bonds. The molecule has 0 aromatic heterocycles. The normalized spacial score (nSPS) is 32.5. The van der Waals surface area contributed by atoms with Gasteiger partial charge in [-0.1, -0.05) is 0 Å². The van der Waals surface area contributed by atoms with E-state index in [0.29, 0.717) is 5.92 Å². The molecule has 2 aliphatic heterocycles. The quantitative estimate of drug-likeness (QED) is 0.750. The lowest BCUT2D eigenvalue weighted by molar-refractivity contribution is 0.0596. The van der Waals surface area contributed by atoms with Crippen LogP contribution in [0.15, 0.2) is 0 Å². The Bertz CT molecular complexity index is 231. The summed E-state index contributed by atoms with van der Waals surface area (Å²) in [6, 6.07) is 0. The van der Waals surface area contributed by atoms with Crippen molar-refractivity contribution in [3.8, 4) is 0 Å². The first-order valence-electron chi connectivity index (χ1n) is 6.78. The van der Waals surface area contributed by atoms with Crippen molar-refractivity contribution in [3.63, 3.8) is 0 Å². The van der Waals surface area contributed by atoms with Gasteiger partial charge in [-0.25, -0.2) is 0 Å². The molecule has 0 bridgehead atoms. The zero-order valence-electron chi connectivity index (χ0n) is 11.1. The van der Waals surface area contributed by atoms with Crippen LogP contribution >= 0.6 is 0 Å². The third-order valence-electron chi connectivity index (χ3n) is 4.07. The fourth-order valence-corrected chi connectivity index (χ4v) is 3.02. The number of ether oxygens (including phenoxy) is 1. The van der Waals surface area contributed by atoms with E-state index < -0.39 is 0 Å². The number of hydrogen-bond acceptors (Lipinski definition) is 4. The van der Waals surface area contributed by atoms with Crippen molar-refractivity contribution < 1.29 is 9.84 Å². The van der Waals surface area contributed by atoms with Crippen LogP contribution in [0.4, 0.5) is 0 Å². The van der Waals surface area contributed by atoms with Crippen molar-refractivity contribution in [2.45, 2.75) is 18.9 Å². The summed E-state index contributed by atoms with van der Waals surface area (Å²) in [7, 11) is 4.31.